The molecule has 0 spiro atoms. The second-order valence-electron chi connectivity index (χ2n) is 4.88. The summed E-state index contributed by atoms with van der Waals surface area (Å²) in [6, 6.07) is 3.64. The second kappa shape index (κ2) is 5.38. The minimum absolute atomic E-state index is 0.249. The fraction of sp³-hybridized carbons (Fsp3) is 0.500. The minimum Gasteiger partial charge on any atom is -0.317 e. The highest BCUT2D eigenvalue weighted by Crippen LogP contribution is 2.48. The second-order valence-corrected chi connectivity index (χ2v) is 7.30. The third-order valence-corrected chi connectivity index (χ3v) is 5.79. The first-order valence-electron chi connectivity index (χ1n) is 6.07. The molecule has 100 valence electrons. The molecular weight excluding hydrogens is 247 g/mol. The lowest BCUT2D eigenvalue weighted by Crippen LogP contribution is -2.20. The number of rotatable bonds is 4. The largest absolute Gasteiger partial charge is 0.317 e. The molecule has 0 heterocycles. The van der Waals surface area contributed by atoms with Crippen molar-refractivity contribution >= 4 is 18.2 Å². The lowest BCUT2D eigenvalue weighted by atomic mass is 10.1. The molecule has 0 aromatic heterocycles. The number of carbonyl (C=O) groups excluding carboxylic acids is 1. The van der Waals surface area contributed by atoms with E-state index in [9.17, 15) is 9.36 Å². The number of hydrogen-bond acceptors (Lipinski definition) is 3. The van der Waals surface area contributed by atoms with Gasteiger partial charge in [0, 0.05) is 12.2 Å². The Bertz CT molecular complexity index is 518. The molecule has 3 nitrogen and oxygen atoms in total. The Morgan fingerprint density at radius 3 is 2.17 bits per heavy atom. The molecule has 0 saturated heterocycles. The van der Waals surface area contributed by atoms with Crippen molar-refractivity contribution in [1.29, 1.82) is 0 Å². The topological polar surface area (TPSA) is 43.4 Å². The maximum absolute atomic E-state index is 12.8. The van der Waals surface area contributed by atoms with Gasteiger partial charge in [-0.15, -0.1) is 0 Å². The zero-order valence-corrected chi connectivity index (χ0v) is 12.8. The SMILES string of the molecule is CC(=O)P(=O)(OC(C)C)c1ccc(C)c(C)c1C. The number of aryl methyl sites for hydroxylation is 1. The number of carbonyl (C=O) groups is 1. The summed E-state index contributed by atoms with van der Waals surface area (Å²) in [6.07, 6.45) is -0.249. The molecule has 0 aliphatic heterocycles. The van der Waals surface area contributed by atoms with Crippen molar-refractivity contribution in [3.05, 3.63) is 28.8 Å². The maximum Gasteiger partial charge on any atom is 0.296 e. The van der Waals surface area contributed by atoms with Crippen LogP contribution in [0.25, 0.3) is 0 Å². The van der Waals surface area contributed by atoms with Gasteiger partial charge >= 0.3 is 0 Å². The van der Waals surface area contributed by atoms with Gasteiger partial charge in [-0.3, -0.25) is 9.36 Å². The van der Waals surface area contributed by atoms with E-state index < -0.39 is 12.9 Å². The fourth-order valence-electron chi connectivity index (χ4n) is 1.86. The summed E-state index contributed by atoms with van der Waals surface area (Å²) in [5.74, 6) is 0. The van der Waals surface area contributed by atoms with Gasteiger partial charge in [0.2, 0.25) is 5.52 Å². The summed E-state index contributed by atoms with van der Waals surface area (Å²) in [4.78, 5) is 11.8. The monoisotopic (exact) mass is 268 g/mol. The van der Waals surface area contributed by atoms with E-state index in [1.165, 1.54) is 6.92 Å². The van der Waals surface area contributed by atoms with Gasteiger partial charge in [-0.2, -0.15) is 0 Å². The average molecular weight is 268 g/mol. The van der Waals surface area contributed by atoms with E-state index >= 15 is 0 Å². The standard InChI is InChI=1S/C14H21O3P/c1-9(2)17-18(16,13(6)15)14-8-7-10(3)11(4)12(14)5/h7-9H,1-6H3. The van der Waals surface area contributed by atoms with Crippen molar-refractivity contribution in [2.24, 2.45) is 0 Å². The Kier molecular flexibility index (Phi) is 4.52. The van der Waals surface area contributed by atoms with Crippen molar-refractivity contribution in [2.75, 3.05) is 0 Å². The van der Waals surface area contributed by atoms with E-state index in [-0.39, 0.29) is 6.10 Å². The predicted octanol–water partition coefficient (Wildman–Crippen LogP) is 3.49. The summed E-state index contributed by atoms with van der Waals surface area (Å²) < 4.78 is 18.3. The van der Waals surface area contributed by atoms with Gasteiger partial charge in [0.1, 0.15) is 0 Å². The maximum atomic E-state index is 12.8. The molecule has 0 radical (unpaired) electrons. The molecule has 0 bridgehead atoms. The molecule has 0 N–H and O–H groups in total. The van der Waals surface area contributed by atoms with Crippen LogP contribution in [0, 0.1) is 20.8 Å². The zero-order valence-electron chi connectivity index (χ0n) is 11.9. The number of hydrogen-bond donors (Lipinski definition) is 0. The molecule has 0 aliphatic rings. The van der Waals surface area contributed by atoms with E-state index in [1.54, 1.807) is 19.9 Å². The van der Waals surface area contributed by atoms with Crippen LogP contribution < -0.4 is 5.30 Å². The van der Waals surface area contributed by atoms with Gasteiger partial charge in [-0.1, -0.05) is 6.07 Å². The molecule has 4 heteroatoms. The number of benzene rings is 1. The van der Waals surface area contributed by atoms with Crippen molar-refractivity contribution in [2.45, 2.75) is 47.6 Å². The van der Waals surface area contributed by atoms with Gasteiger partial charge in [0.25, 0.3) is 7.37 Å². The summed E-state index contributed by atoms with van der Waals surface area (Å²) >= 11 is 0. The summed E-state index contributed by atoms with van der Waals surface area (Å²) in [7, 11) is -3.42. The van der Waals surface area contributed by atoms with Gasteiger partial charge in [0.05, 0.1) is 6.10 Å². The lowest BCUT2D eigenvalue weighted by molar-refractivity contribution is -0.110. The molecule has 1 unspecified atom stereocenters. The van der Waals surface area contributed by atoms with E-state index in [2.05, 4.69) is 0 Å². The van der Waals surface area contributed by atoms with Gasteiger partial charge in [0.15, 0.2) is 0 Å². The summed E-state index contributed by atoms with van der Waals surface area (Å²) in [5.41, 5.74) is 2.66. The van der Waals surface area contributed by atoms with Crippen molar-refractivity contribution in [1.82, 2.24) is 0 Å². The first-order valence-corrected chi connectivity index (χ1v) is 7.69. The van der Waals surface area contributed by atoms with Gasteiger partial charge in [-0.05, 0) is 57.4 Å². The van der Waals surface area contributed by atoms with Crippen LogP contribution in [-0.4, -0.2) is 11.6 Å². The van der Waals surface area contributed by atoms with Crippen LogP contribution >= 0.6 is 7.37 Å². The molecule has 0 amide bonds. The zero-order chi connectivity index (χ0) is 14.1. The van der Waals surface area contributed by atoms with E-state index in [4.69, 9.17) is 4.52 Å². The highest BCUT2D eigenvalue weighted by molar-refractivity contribution is 7.82. The van der Waals surface area contributed by atoms with E-state index in [1.807, 2.05) is 26.8 Å². The van der Waals surface area contributed by atoms with Crippen LogP contribution in [0.1, 0.15) is 37.5 Å². The Labute approximate surface area is 109 Å². The molecule has 1 atom stereocenters. The van der Waals surface area contributed by atoms with Crippen molar-refractivity contribution in [3.63, 3.8) is 0 Å². The Morgan fingerprint density at radius 2 is 1.72 bits per heavy atom. The van der Waals surface area contributed by atoms with Crippen LogP contribution in [0.4, 0.5) is 0 Å². The average Bonchev–Trinajstić information content (AvgIpc) is 2.24. The molecule has 0 saturated carbocycles. The smallest absolute Gasteiger partial charge is 0.296 e. The molecule has 0 aliphatic carbocycles. The Balaban J connectivity index is 3.45. The van der Waals surface area contributed by atoms with E-state index in [0.717, 1.165) is 16.7 Å². The van der Waals surface area contributed by atoms with E-state index in [0.29, 0.717) is 5.30 Å². The molecule has 18 heavy (non-hydrogen) atoms. The highest BCUT2D eigenvalue weighted by Gasteiger charge is 2.34. The highest BCUT2D eigenvalue weighted by atomic mass is 31.2. The van der Waals surface area contributed by atoms with Gasteiger partial charge in [-0.25, -0.2) is 0 Å². The van der Waals surface area contributed by atoms with Crippen LogP contribution in [0.15, 0.2) is 12.1 Å². The van der Waals surface area contributed by atoms with Crippen LogP contribution in [0.5, 0.6) is 0 Å². The quantitative estimate of drug-likeness (QED) is 0.785. The van der Waals surface area contributed by atoms with Crippen LogP contribution in [0.2, 0.25) is 0 Å². The fourth-order valence-corrected chi connectivity index (χ4v) is 3.93. The molecular formula is C14H21O3P. The van der Waals surface area contributed by atoms with Crippen LogP contribution in [-0.2, 0) is 13.9 Å². The molecule has 1 aromatic carbocycles. The first-order chi connectivity index (χ1) is 8.20. The lowest BCUT2D eigenvalue weighted by Gasteiger charge is -2.21. The molecule has 0 fully saturated rings. The summed E-state index contributed by atoms with van der Waals surface area (Å²) in [6.45, 7) is 10.7. The summed E-state index contributed by atoms with van der Waals surface area (Å²) in [5, 5.41) is 0.534. The molecule has 1 aromatic rings. The first kappa shape index (κ1) is 15.1. The third-order valence-electron chi connectivity index (χ3n) is 3.12. The molecule has 1 rings (SSSR count). The Morgan fingerprint density at radius 1 is 1.17 bits per heavy atom. The normalized spacial score (nSPS) is 14.6. The minimum atomic E-state index is -3.42. The van der Waals surface area contributed by atoms with Crippen LogP contribution in [0.3, 0.4) is 0 Å². The van der Waals surface area contributed by atoms with Crippen molar-refractivity contribution in [3.8, 4) is 0 Å². The van der Waals surface area contributed by atoms with Crippen molar-refractivity contribution < 1.29 is 13.9 Å². The van der Waals surface area contributed by atoms with Gasteiger partial charge < -0.3 is 4.52 Å². The predicted molar refractivity (Wildman–Crippen MR) is 74.8 cm³/mol. The Hall–Kier alpha value is -0.920. The third kappa shape index (κ3) is 2.73.